The van der Waals surface area contributed by atoms with E-state index >= 15 is 0 Å². The zero-order chi connectivity index (χ0) is 14.5. The summed E-state index contributed by atoms with van der Waals surface area (Å²) in [5.41, 5.74) is 1.21. The number of hydrogen-bond donors (Lipinski definition) is 2. The Morgan fingerprint density at radius 1 is 1.40 bits per heavy atom. The minimum absolute atomic E-state index is 0.0920. The first-order valence-corrected chi connectivity index (χ1v) is 6.49. The first-order chi connectivity index (χ1) is 9.60. The number of nitrogens with zero attached hydrogens (tertiary/aromatic N) is 1. The van der Waals surface area contributed by atoms with Gasteiger partial charge in [0.05, 0.1) is 19.3 Å². The Labute approximate surface area is 117 Å². The van der Waals surface area contributed by atoms with Crippen molar-refractivity contribution in [2.24, 2.45) is 0 Å². The van der Waals surface area contributed by atoms with Crippen LogP contribution in [0.15, 0.2) is 24.3 Å². The van der Waals surface area contributed by atoms with E-state index in [0.29, 0.717) is 30.9 Å². The van der Waals surface area contributed by atoms with Crippen LogP contribution in [0.25, 0.3) is 0 Å². The Kier molecular flexibility index (Phi) is 4.70. The number of benzene rings is 1. The highest BCUT2D eigenvalue weighted by Crippen LogP contribution is 2.14. The maximum absolute atomic E-state index is 12.3. The van der Waals surface area contributed by atoms with Gasteiger partial charge in [0.1, 0.15) is 0 Å². The second-order valence-electron chi connectivity index (χ2n) is 4.69. The number of morpholine rings is 1. The Balaban J connectivity index is 2.03. The Morgan fingerprint density at radius 2 is 2.10 bits per heavy atom. The summed E-state index contributed by atoms with van der Waals surface area (Å²) in [6.45, 7) is 2.68. The summed E-state index contributed by atoms with van der Waals surface area (Å²) in [5, 5.41) is 11.7. The van der Waals surface area contributed by atoms with Gasteiger partial charge in [-0.05, 0) is 24.3 Å². The van der Waals surface area contributed by atoms with E-state index in [0.717, 1.165) is 0 Å². The van der Waals surface area contributed by atoms with Gasteiger partial charge in [0.15, 0.2) is 0 Å². The van der Waals surface area contributed by atoms with Crippen molar-refractivity contribution in [1.82, 2.24) is 4.90 Å². The van der Waals surface area contributed by atoms with E-state index in [-0.39, 0.29) is 24.5 Å². The van der Waals surface area contributed by atoms with E-state index in [1.165, 1.54) is 6.92 Å². The van der Waals surface area contributed by atoms with Crippen molar-refractivity contribution in [2.75, 3.05) is 31.6 Å². The van der Waals surface area contributed by atoms with E-state index in [1.54, 1.807) is 29.2 Å². The summed E-state index contributed by atoms with van der Waals surface area (Å²) in [6.07, 6.45) is -0.314. The molecule has 1 aromatic rings. The molecule has 1 unspecified atom stereocenters. The maximum atomic E-state index is 12.3. The van der Waals surface area contributed by atoms with Crippen LogP contribution < -0.4 is 5.32 Å². The van der Waals surface area contributed by atoms with Gasteiger partial charge in [-0.1, -0.05) is 0 Å². The number of anilines is 1. The van der Waals surface area contributed by atoms with Gasteiger partial charge in [0.25, 0.3) is 5.91 Å². The van der Waals surface area contributed by atoms with Crippen LogP contribution in [-0.2, 0) is 9.53 Å². The molecule has 6 heteroatoms. The smallest absolute Gasteiger partial charge is 0.254 e. The number of nitrogens with one attached hydrogen (secondary N) is 1. The third-order valence-electron chi connectivity index (χ3n) is 3.08. The monoisotopic (exact) mass is 278 g/mol. The molecule has 1 heterocycles. The van der Waals surface area contributed by atoms with Crippen LogP contribution in [0.3, 0.4) is 0 Å². The van der Waals surface area contributed by atoms with Crippen LogP contribution in [0, 0.1) is 0 Å². The molecule has 2 rings (SSSR count). The molecule has 0 saturated carbocycles. The third kappa shape index (κ3) is 3.55. The minimum Gasteiger partial charge on any atom is -0.394 e. The summed E-state index contributed by atoms with van der Waals surface area (Å²) in [6, 6.07) is 6.74. The molecule has 1 atom stereocenters. The third-order valence-corrected chi connectivity index (χ3v) is 3.08. The summed E-state index contributed by atoms with van der Waals surface area (Å²) in [4.78, 5) is 24.9. The average Bonchev–Trinajstić information content (AvgIpc) is 2.47. The molecule has 2 amide bonds. The molecule has 2 N–H and O–H groups in total. The van der Waals surface area contributed by atoms with E-state index in [1.807, 2.05) is 0 Å². The molecule has 0 bridgehead atoms. The number of aliphatic hydroxyl groups excluding tert-OH is 1. The molecule has 1 aromatic carbocycles. The van der Waals surface area contributed by atoms with E-state index < -0.39 is 0 Å². The normalized spacial score (nSPS) is 18.7. The van der Waals surface area contributed by atoms with Gasteiger partial charge in [-0.15, -0.1) is 0 Å². The second-order valence-corrected chi connectivity index (χ2v) is 4.69. The highest BCUT2D eigenvalue weighted by Gasteiger charge is 2.24. The number of carbonyl (C=O) groups excluding carboxylic acids is 2. The molecule has 1 aliphatic heterocycles. The quantitative estimate of drug-likeness (QED) is 0.843. The van der Waals surface area contributed by atoms with Gasteiger partial charge in [-0.2, -0.15) is 0 Å². The molecular weight excluding hydrogens is 260 g/mol. The van der Waals surface area contributed by atoms with Gasteiger partial charge in [-0.3, -0.25) is 9.59 Å². The lowest BCUT2D eigenvalue weighted by atomic mass is 10.1. The van der Waals surface area contributed by atoms with Crippen molar-refractivity contribution in [1.29, 1.82) is 0 Å². The van der Waals surface area contributed by atoms with Crippen molar-refractivity contribution >= 4 is 17.5 Å². The number of hydrogen-bond acceptors (Lipinski definition) is 4. The summed E-state index contributed by atoms with van der Waals surface area (Å²) in [5.74, 6) is -0.246. The molecule has 0 spiro atoms. The SMILES string of the molecule is CC(=O)Nc1ccc(C(=O)N2CCOC(CO)C2)cc1. The lowest BCUT2D eigenvalue weighted by molar-refractivity contribution is -0.114. The number of carbonyl (C=O) groups is 2. The van der Waals surface area contributed by atoms with Crippen molar-refractivity contribution in [3.05, 3.63) is 29.8 Å². The van der Waals surface area contributed by atoms with Crippen molar-refractivity contribution in [3.8, 4) is 0 Å². The van der Waals surface area contributed by atoms with E-state index in [2.05, 4.69) is 5.32 Å². The number of aliphatic hydroxyl groups is 1. The molecule has 0 aliphatic carbocycles. The fourth-order valence-corrected chi connectivity index (χ4v) is 2.10. The molecule has 108 valence electrons. The van der Waals surface area contributed by atoms with Gasteiger partial charge in [0, 0.05) is 31.3 Å². The zero-order valence-corrected chi connectivity index (χ0v) is 11.3. The lowest BCUT2D eigenvalue weighted by Gasteiger charge is -2.32. The topological polar surface area (TPSA) is 78.9 Å². The molecule has 1 saturated heterocycles. The fraction of sp³-hybridized carbons (Fsp3) is 0.429. The molecule has 0 radical (unpaired) electrons. The number of amides is 2. The first kappa shape index (κ1) is 14.5. The number of rotatable bonds is 3. The van der Waals surface area contributed by atoms with Crippen LogP contribution >= 0.6 is 0 Å². The Morgan fingerprint density at radius 3 is 2.70 bits per heavy atom. The summed E-state index contributed by atoms with van der Waals surface area (Å²) in [7, 11) is 0. The summed E-state index contributed by atoms with van der Waals surface area (Å²) >= 11 is 0. The lowest BCUT2D eigenvalue weighted by Crippen LogP contribution is -2.46. The Hall–Kier alpha value is -1.92. The van der Waals surface area contributed by atoms with Crippen LogP contribution in [0.2, 0.25) is 0 Å². The highest BCUT2D eigenvalue weighted by atomic mass is 16.5. The maximum Gasteiger partial charge on any atom is 0.254 e. The fourth-order valence-electron chi connectivity index (χ4n) is 2.10. The average molecular weight is 278 g/mol. The predicted molar refractivity (Wildman–Crippen MR) is 73.5 cm³/mol. The standard InChI is InChI=1S/C14H18N2O4/c1-10(18)15-12-4-2-11(3-5-12)14(19)16-6-7-20-13(8-16)9-17/h2-5,13,17H,6-9H2,1H3,(H,15,18). The van der Waals surface area contributed by atoms with E-state index in [9.17, 15) is 9.59 Å². The van der Waals surface area contributed by atoms with Crippen LogP contribution in [-0.4, -0.2) is 54.2 Å². The predicted octanol–water partition coefficient (Wildman–Crippen LogP) is 0.478. The van der Waals surface area contributed by atoms with Crippen LogP contribution in [0.1, 0.15) is 17.3 Å². The van der Waals surface area contributed by atoms with Gasteiger partial charge in [0.2, 0.25) is 5.91 Å². The zero-order valence-electron chi connectivity index (χ0n) is 11.3. The van der Waals surface area contributed by atoms with Gasteiger partial charge >= 0.3 is 0 Å². The van der Waals surface area contributed by atoms with Crippen molar-refractivity contribution in [2.45, 2.75) is 13.0 Å². The van der Waals surface area contributed by atoms with E-state index in [4.69, 9.17) is 9.84 Å². The second kappa shape index (κ2) is 6.49. The molecule has 1 aliphatic rings. The molecule has 20 heavy (non-hydrogen) atoms. The molecule has 1 fully saturated rings. The molecular formula is C14H18N2O4. The van der Waals surface area contributed by atoms with Crippen LogP contribution in [0.4, 0.5) is 5.69 Å². The number of ether oxygens (including phenoxy) is 1. The van der Waals surface area contributed by atoms with Gasteiger partial charge < -0.3 is 20.1 Å². The van der Waals surface area contributed by atoms with Crippen molar-refractivity contribution in [3.63, 3.8) is 0 Å². The largest absolute Gasteiger partial charge is 0.394 e. The minimum atomic E-state index is -0.314. The van der Waals surface area contributed by atoms with Crippen LogP contribution in [0.5, 0.6) is 0 Å². The highest BCUT2D eigenvalue weighted by molar-refractivity contribution is 5.95. The van der Waals surface area contributed by atoms with Crippen molar-refractivity contribution < 1.29 is 19.4 Å². The molecule has 0 aromatic heterocycles. The molecule has 6 nitrogen and oxygen atoms in total. The Bertz CT molecular complexity index is 486. The summed E-state index contributed by atoms with van der Waals surface area (Å²) < 4.78 is 5.31. The van der Waals surface area contributed by atoms with Gasteiger partial charge in [-0.25, -0.2) is 0 Å². The first-order valence-electron chi connectivity index (χ1n) is 6.49.